The van der Waals surface area contributed by atoms with E-state index in [-0.39, 0.29) is 12.0 Å². The average Bonchev–Trinajstić information content (AvgIpc) is 2.91. The first kappa shape index (κ1) is 12.9. The van der Waals surface area contributed by atoms with Crippen LogP contribution in [0.4, 0.5) is 0 Å². The summed E-state index contributed by atoms with van der Waals surface area (Å²) in [4.78, 5) is 13.7. The lowest BCUT2D eigenvalue weighted by atomic mass is 10.0. The van der Waals surface area contributed by atoms with E-state index >= 15 is 0 Å². The van der Waals surface area contributed by atoms with E-state index in [9.17, 15) is 9.90 Å². The van der Waals surface area contributed by atoms with E-state index in [0.29, 0.717) is 19.5 Å². The molecule has 3 rings (SSSR count). The molecule has 20 heavy (non-hydrogen) atoms. The van der Waals surface area contributed by atoms with Gasteiger partial charge in [0.1, 0.15) is 0 Å². The van der Waals surface area contributed by atoms with Gasteiger partial charge in [-0.1, -0.05) is 42.5 Å². The predicted octanol–water partition coefficient (Wildman–Crippen LogP) is 2.45. The van der Waals surface area contributed by atoms with Crippen molar-refractivity contribution in [3.05, 3.63) is 54.1 Å². The summed E-state index contributed by atoms with van der Waals surface area (Å²) in [6, 6.07) is 14.2. The van der Waals surface area contributed by atoms with Crippen molar-refractivity contribution in [3.8, 4) is 0 Å². The summed E-state index contributed by atoms with van der Waals surface area (Å²) in [5, 5.41) is 11.8. The second-order valence-corrected chi connectivity index (χ2v) is 5.13. The minimum atomic E-state index is -0.370. The molecule has 0 saturated carbocycles. The quantitative estimate of drug-likeness (QED) is 0.849. The Hall–Kier alpha value is -2.13. The number of hydrogen-bond acceptors (Lipinski definition) is 2. The van der Waals surface area contributed by atoms with Gasteiger partial charge in [0.25, 0.3) is 0 Å². The van der Waals surface area contributed by atoms with Crippen LogP contribution in [0.15, 0.2) is 48.5 Å². The molecular formula is C17H17NO2. The number of hydrogen-bond donors (Lipinski definition) is 1. The van der Waals surface area contributed by atoms with Gasteiger partial charge in [-0.05, 0) is 28.8 Å². The minimum Gasteiger partial charge on any atom is -0.391 e. The molecule has 2 aromatic rings. The first-order chi connectivity index (χ1) is 9.74. The number of nitrogens with zero attached hydrogens (tertiary/aromatic N) is 1. The van der Waals surface area contributed by atoms with Gasteiger partial charge in [0.15, 0.2) is 0 Å². The minimum absolute atomic E-state index is 0.0329. The molecule has 1 aliphatic heterocycles. The van der Waals surface area contributed by atoms with Crippen molar-refractivity contribution in [1.29, 1.82) is 0 Å². The summed E-state index contributed by atoms with van der Waals surface area (Å²) in [5.74, 6) is -0.0329. The fraction of sp³-hybridized carbons (Fsp3) is 0.235. The van der Waals surface area contributed by atoms with Crippen molar-refractivity contribution in [3.63, 3.8) is 0 Å². The van der Waals surface area contributed by atoms with Crippen LogP contribution in [0.1, 0.15) is 12.0 Å². The Kier molecular flexibility index (Phi) is 3.52. The van der Waals surface area contributed by atoms with Crippen molar-refractivity contribution in [1.82, 2.24) is 4.90 Å². The van der Waals surface area contributed by atoms with Crippen LogP contribution >= 0.6 is 0 Å². The second-order valence-electron chi connectivity index (χ2n) is 5.13. The molecule has 1 saturated heterocycles. The summed E-state index contributed by atoms with van der Waals surface area (Å²) in [6.45, 7) is 1.08. The van der Waals surface area contributed by atoms with E-state index in [0.717, 1.165) is 10.9 Å². The molecule has 1 aliphatic rings. The maximum atomic E-state index is 12.0. The number of β-amino-alcohol motifs (C(OH)–C–C–N with tert-alkyl or cyclic N) is 1. The standard InChI is InChI=1S/C17H17NO2/c19-15-10-11-18(12-15)17(20)9-8-14-6-3-5-13-4-1-2-7-16(13)14/h1-9,15,19H,10-12H2/b9-8+/t15-/m1/s1. The van der Waals surface area contributed by atoms with Crippen molar-refractivity contribution >= 4 is 22.8 Å². The fourth-order valence-corrected chi connectivity index (χ4v) is 2.60. The van der Waals surface area contributed by atoms with Crippen LogP contribution < -0.4 is 0 Å². The monoisotopic (exact) mass is 267 g/mol. The number of aliphatic hydroxyl groups is 1. The van der Waals surface area contributed by atoms with Gasteiger partial charge in [-0.3, -0.25) is 4.79 Å². The van der Waals surface area contributed by atoms with Crippen molar-refractivity contribution in [2.24, 2.45) is 0 Å². The maximum Gasteiger partial charge on any atom is 0.246 e. The first-order valence-electron chi connectivity index (χ1n) is 6.87. The van der Waals surface area contributed by atoms with E-state index in [4.69, 9.17) is 0 Å². The van der Waals surface area contributed by atoms with Gasteiger partial charge in [0, 0.05) is 19.2 Å². The van der Waals surface area contributed by atoms with E-state index in [1.807, 2.05) is 30.3 Å². The predicted molar refractivity (Wildman–Crippen MR) is 80.2 cm³/mol. The lowest BCUT2D eigenvalue weighted by molar-refractivity contribution is -0.125. The number of fused-ring (bicyclic) bond motifs is 1. The molecule has 3 heteroatoms. The molecule has 0 aliphatic carbocycles. The summed E-state index contributed by atoms with van der Waals surface area (Å²) < 4.78 is 0. The second kappa shape index (κ2) is 5.47. The molecule has 1 atom stereocenters. The molecule has 0 spiro atoms. The largest absolute Gasteiger partial charge is 0.391 e. The highest BCUT2D eigenvalue weighted by molar-refractivity contribution is 5.96. The van der Waals surface area contributed by atoms with Crippen LogP contribution in [-0.4, -0.2) is 35.1 Å². The zero-order chi connectivity index (χ0) is 13.9. The Morgan fingerprint density at radius 3 is 2.80 bits per heavy atom. The number of benzene rings is 2. The van der Waals surface area contributed by atoms with Gasteiger partial charge in [0.05, 0.1) is 6.10 Å². The van der Waals surface area contributed by atoms with Crippen molar-refractivity contribution in [2.75, 3.05) is 13.1 Å². The van der Waals surface area contributed by atoms with Crippen LogP contribution in [0.3, 0.4) is 0 Å². The van der Waals surface area contributed by atoms with Crippen LogP contribution in [0.5, 0.6) is 0 Å². The fourth-order valence-electron chi connectivity index (χ4n) is 2.60. The van der Waals surface area contributed by atoms with Gasteiger partial charge in [-0.15, -0.1) is 0 Å². The third-order valence-electron chi connectivity index (χ3n) is 3.70. The molecule has 0 aromatic heterocycles. The third kappa shape index (κ3) is 2.58. The Morgan fingerprint density at radius 1 is 1.20 bits per heavy atom. The third-order valence-corrected chi connectivity index (χ3v) is 3.70. The van der Waals surface area contributed by atoms with Gasteiger partial charge in [-0.25, -0.2) is 0 Å². The highest BCUT2D eigenvalue weighted by atomic mass is 16.3. The highest BCUT2D eigenvalue weighted by Crippen LogP contribution is 2.20. The van der Waals surface area contributed by atoms with Gasteiger partial charge >= 0.3 is 0 Å². The molecule has 1 fully saturated rings. The van der Waals surface area contributed by atoms with Crippen LogP contribution in [0, 0.1) is 0 Å². The van der Waals surface area contributed by atoms with Crippen LogP contribution in [0.25, 0.3) is 16.8 Å². The molecule has 0 unspecified atom stereocenters. The lowest BCUT2D eigenvalue weighted by Crippen LogP contribution is -2.27. The molecule has 3 nitrogen and oxygen atoms in total. The van der Waals surface area contributed by atoms with E-state index in [2.05, 4.69) is 18.2 Å². The van der Waals surface area contributed by atoms with Gasteiger partial charge < -0.3 is 10.0 Å². The molecule has 0 radical (unpaired) electrons. The molecule has 0 bridgehead atoms. The number of amides is 1. The number of likely N-dealkylation sites (tertiary alicyclic amines) is 1. The topological polar surface area (TPSA) is 40.5 Å². The summed E-state index contributed by atoms with van der Waals surface area (Å²) in [7, 11) is 0. The van der Waals surface area contributed by atoms with E-state index < -0.39 is 0 Å². The Bertz CT molecular complexity index is 658. The number of aliphatic hydroxyl groups excluding tert-OH is 1. The average molecular weight is 267 g/mol. The first-order valence-corrected chi connectivity index (χ1v) is 6.87. The maximum absolute atomic E-state index is 12.0. The molecule has 102 valence electrons. The Balaban J connectivity index is 1.82. The van der Waals surface area contributed by atoms with Crippen LogP contribution in [-0.2, 0) is 4.79 Å². The Labute approximate surface area is 118 Å². The Morgan fingerprint density at radius 2 is 2.00 bits per heavy atom. The van der Waals surface area contributed by atoms with Gasteiger partial charge in [-0.2, -0.15) is 0 Å². The summed E-state index contributed by atoms with van der Waals surface area (Å²) >= 11 is 0. The SMILES string of the molecule is O=C(/C=C/c1cccc2ccccc12)N1CC[C@@H](O)C1. The molecule has 1 N–H and O–H groups in total. The lowest BCUT2D eigenvalue weighted by Gasteiger charge is -2.12. The zero-order valence-corrected chi connectivity index (χ0v) is 11.2. The van der Waals surface area contributed by atoms with E-state index in [1.165, 1.54) is 5.39 Å². The van der Waals surface area contributed by atoms with Crippen LogP contribution in [0.2, 0.25) is 0 Å². The highest BCUT2D eigenvalue weighted by Gasteiger charge is 2.22. The molecule has 2 aromatic carbocycles. The van der Waals surface area contributed by atoms with Crippen molar-refractivity contribution in [2.45, 2.75) is 12.5 Å². The zero-order valence-electron chi connectivity index (χ0n) is 11.2. The smallest absolute Gasteiger partial charge is 0.246 e. The number of carbonyl (C=O) groups is 1. The summed E-state index contributed by atoms with van der Waals surface area (Å²) in [6.07, 6.45) is 3.76. The number of carbonyl (C=O) groups excluding carboxylic acids is 1. The number of rotatable bonds is 2. The van der Waals surface area contributed by atoms with Gasteiger partial charge in [0.2, 0.25) is 5.91 Å². The normalized spacial score (nSPS) is 19.1. The molecule has 1 heterocycles. The molecular weight excluding hydrogens is 250 g/mol. The van der Waals surface area contributed by atoms with Crippen molar-refractivity contribution < 1.29 is 9.90 Å². The summed E-state index contributed by atoms with van der Waals surface area (Å²) in [5.41, 5.74) is 1.04. The van der Waals surface area contributed by atoms with E-state index in [1.54, 1.807) is 11.0 Å². The molecule has 1 amide bonds.